The molecule has 1 fully saturated rings. The van der Waals surface area contributed by atoms with Gasteiger partial charge in [-0.3, -0.25) is 4.79 Å². The Morgan fingerprint density at radius 3 is 2.05 bits per heavy atom. The van der Waals surface area contributed by atoms with Gasteiger partial charge >= 0.3 is 17.9 Å². The SMILES string of the molecule is CC(=O)O[C@@H]1[C@H](O)[C@@H](OC(=O)c2ccccc2)[C@H](Oc2ccccn2)O[C@@H]1COC(=O)c1ccccc1. The zero-order valence-electron chi connectivity index (χ0n) is 19.8. The lowest BCUT2D eigenvalue weighted by molar-refractivity contribution is -0.280. The van der Waals surface area contributed by atoms with Crippen molar-refractivity contribution >= 4 is 17.9 Å². The van der Waals surface area contributed by atoms with E-state index in [0.29, 0.717) is 5.56 Å². The van der Waals surface area contributed by atoms with Crippen LogP contribution in [0.2, 0.25) is 0 Å². The van der Waals surface area contributed by atoms with E-state index in [1.807, 2.05) is 0 Å². The highest BCUT2D eigenvalue weighted by atomic mass is 16.7. The van der Waals surface area contributed by atoms with Crippen LogP contribution in [-0.4, -0.2) is 65.3 Å². The lowest BCUT2D eigenvalue weighted by Gasteiger charge is -2.42. The van der Waals surface area contributed by atoms with Crippen LogP contribution in [0.15, 0.2) is 85.1 Å². The molecule has 192 valence electrons. The predicted molar refractivity (Wildman–Crippen MR) is 127 cm³/mol. The molecule has 0 amide bonds. The summed E-state index contributed by atoms with van der Waals surface area (Å²) in [4.78, 5) is 41.2. The number of pyridine rings is 1. The van der Waals surface area contributed by atoms with Crippen molar-refractivity contribution in [2.24, 2.45) is 0 Å². The second-order valence-electron chi connectivity index (χ2n) is 8.09. The van der Waals surface area contributed by atoms with Gasteiger partial charge in [-0.1, -0.05) is 42.5 Å². The van der Waals surface area contributed by atoms with Crippen molar-refractivity contribution in [1.29, 1.82) is 0 Å². The molecule has 4 rings (SSSR count). The number of nitrogens with zero attached hydrogens (tertiary/aromatic N) is 1. The number of aromatic nitrogens is 1. The van der Waals surface area contributed by atoms with E-state index in [0.717, 1.165) is 6.92 Å². The maximum Gasteiger partial charge on any atom is 0.338 e. The molecule has 10 nitrogen and oxygen atoms in total. The fraction of sp³-hybridized carbons (Fsp3) is 0.259. The minimum atomic E-state index is -1.58. The molecule has 0 unspecified atom stereocenters. The van der Waals surface area contributed by atoms with E-state index in [9.17, 15) is 19.5 Å². The van der Waals surface area contributed by atoms with E-state index in [1.54, 1.807) is 78.9 Å². The van der Waals surface area contributed by atoms with Crippen LogP contribution in [0.4, 0.5) is 0 Å². The number of benzene rings is 2. The van der Waals surface area contributed by atoms with Crippen LogP contribution < -0.4 is 4.74 Å². The highest BCUT2D eigenvalue weighted by molar-refractivity contribution is 5.89. The van der Waals surface area contributed by atoms with Crippen LogP contribution >= 0.6 is 0 Å². The van der Waals surface area contributed by atoms with Crippen molar-refractivity contribution < 1.29 is 43.2 Å². The molecule has 1 N–H and O–H groups in total. The number of rotatable bonds is 8. The van der Waals surface area contributed by atoms with Crippen LogP contribution in [0.1, 0.15) is 27.6 Å². The number of carbonyl (C=O) groups excluding carboxylic acids is 3. The number of ether oxygens (including phenoxy) is 5. The summed E-state index contributed by atoms with van der Waals surface area (Å²) in [5, 5.41) is 11.2. The van der Waals surface area contributed by atoms with E-state index in [-0.39, 0.29) is 18.1 Å². The van der Waals surface area contributed by atoms with Gasteiger partial charge in [0.2, 0.25) is 12.2 Å². The molecule has 37 heavy (non-hydrogen) atoms. The van der Waals surface area contributed by atoms with Crippen LogP contribution in [0.5, 0.6) is 5.88 Å². The molecule has 2 aromatic carbocycles. The average molecular weight is 507 g/mol. The van der Waals surface area contributed by atoms with Gasteiger partial charge in [0.1, 0.15) is 18.8 Å². The zero-order valence-corrected chi connectivity index (χ0v) is 19.8. The molecule has 2 heterocycles. The van der Waals surface area contributed by atoms with Gasteiger partial charge in [-0.25, -0.2) is 14.6 Å². The van der Waals surface area contributed by atoms with Crippen molar-refractivity contribution in [3.63, 3.8) is 0 Å². The summed E-state index contributed by atoms with van der Waals surface area (Å²) in [6, 6.07) is 21.3. The van der Waals surface area contributed by atoms with Crippen molar-refractivity contribution in [3.8, 4) is 5.88 Å². The summed E-state index contributed by atoms with van der Waals surface area (Å²) in [6.07, 6.45) is -5.37. The Balaban J connectivity index is 1.58. The Labute approximate surface area is 212 Å². The standard InChI is InChI=1S/C27H25NO9/c1-17(29)34-23-20(16-33-25(31)18-10-4-2-5-11-18)35-27(36-21-14-8-9-15-28-21)24(22(23)30)37-26(32)19-12-6-3-7-13-19/h2-15,20,22-24,27,30H,16H2,1H3/t20-,22+,23+,24-,27+/m1/s1. The van der Waals surface area contributed by atoms with E-state index in [4.69, 9.17) is 23.7 Å². The van der Waals surface area contributed by atoms with Gasteiger partial charge in [0.15, 0.2) is 12.2 Å². The third kappa shape index (κ3) is 6.69. The number of esters is 3. The van der Waals surface area contributed by atoms with Gasteiger partial charge in [-0.15, -0.1) is 0 Å². The average Bonchev–Trinajstić information content (AvgIpc) is 2.92. The molecule has 5 atom stereocenters. The summed E-state index contributed by atoms with van der Waals surface area (Å²) in [6.45, 7) is 0.769. The van der Waals surface area contributed by atoms with Crippen molar-refractivity contribution in [1.82, 2.24) is 4.98 Å². The van der Waals surface area contributed by atoms with Gasteiger partial charge in [0.05, 0.1) is 11.1 Å². The molecule has 0 radical (unpaired) electrons. The van der Waals surface area contributed by atoms with Crippen LogP contribution in [-0.2, 0) is 23.7 Å². The van der Waals surface area contributed by atoms with Gasteiger partial charge in [0, 0.05) is 19.2 Å². The summed E-state index contributed by atoms with van der Waals surface area (Å²) in [7, 11) is 0. The Morgan fingerprint density at radius 1 is 0.838 bits per heavy atom. The van der Waals surface area contributed by atoms with Crippen LogP contribution in [0, 0.1) is 0 Å². The maximum atomic E-state index is 12.8. The summed E-state index contributed by atoms with van der Waals surface area (Å²) in [5.41, 5.74) is 0.535. The first-order valence-corrected chi connectivity index (χ1v) is 11.5. The van der Waals surface area contributed by atoms with E-state index < -0.39 is 48.6 Å². The Hall–Kier alpha value is -4.28. The Morgan fingerprint density at radius 2 is 1.46 bits per heavy atom. The first-order chi connectivity index (χ1) is 17.9. The number of hydrogen-bond donors (Lipinski definition) is 1. The first kappa shape index (κ1) is 25.8. The molecule has 0 aliphatic carbocycles. The van der Waals surface area contributed by atoms with E-state index >= 15 is 0 Å². The first-order valence-electron chi connectivity index (χ1n) is 11.5. The number of aliphatic hydroxyl groups is 1. The van der Waals surface area contributed by atoms with E-state index in [2.05, 4.69) is 4.98 Å². The third-order valence-electron chi connectivity index (χ3n) is 5.43. The van der Waals surface area contributed by atoms with Crippen LogP contribution in [0.3, 0.4) is 0 Å². The minimum absolute atomic E-state index is 0.131. The number of carbonyl (C=O) groups is 3. The minimum Gasteiger partial charge on any atom is -0.459 e. The van der Waals surface area contributed by atoms with Crippen molar-refractivity contribution in [3.05, 3.63) is 96.2 Å². The molecule has 0 bridgehead atoms. The molecule has 1 aliphatic heterocycles. The molecule has 0 saturated carbocycles. The zero-order chi connectivity index (χ0) is 26.2. The third-order valence-corrected chi connectivity index (χ3v) is 5.43. The smallest absolute Gasteiger partial charge is 0.338 e. The summed E-state index contributed by atoms with van der Waals surface area (Å²) in [5.74, 6) is -1.98. The summed E-state index contributed by atoms with van der Waals surface area (Å²) < 4.78 is 28.0. The molecule has 0 spiro atoms. The van der Waals surface area contributed by atoms with Gasteiger partial charge in [-0.05, 0) is 30.3 Å². The number of hydrogen-bond acceptors (Lipinski definition) is 10. The molecule has 10 heteroatoms. The fourth-order valence-electron chi connectivity index (χ4n) is 3.70. The van der Waals surface area contributed by atoms with Gasteiger partial charge in [-0.2, -0.15) is 0 Å². The molecule has 1 saturated heterocycles. The second-order valence-corrected chi connectivity index (χ2v) is 8.09. The molecule has 1 aromatic heterocycles. The van der Waals surface area contributed by atoms with E-state index in [1.165, 1.54) is 6.20 Å². The Bertz CT molecular complexity index is 1190. The molecule has 1 aliphatic rings. The largest absolute Gasteiger partial charge is 0.459 e. The van der Waals surface area contributed by atoms with Gasteiger partial charge in [0.25, 0.3) is 0 Å². The highest BCUT2D eigenvalue weighted by Crippen LogP contribution is 2.29. The topological polar surface area (TPSA) is 130 Å². The quantitative estimate of drug-likeness (QED) is 0.359. The molecule has 3 aromatic rings. The number of aliphatic hydroxyl groups excluding tert-OH is 1. The van der Waals surface area contributed by atoms with Crippen molar-refractivity contribution in [2.45, 2.75) is 37.6 Å². The normalized spacial score (nSPS) is 22.9. The monoisotopic (exact) mass is 507 g/mol. The highest BCUT2D eigenvalue weighted by Gasteiger charge is 2.51. The lowest BCUT2D eigenvalue weighted by Crippen LogP contribution is -2.62. The van der Waals surface area contributed by atoms with Gasteiger partial charge < -0.3 is 28.8 Å². The fourth-order valence-corrected chi connectivity index (χ4v) is 3.70. The predicted octanol–water partition coefficient (Wildman–Crippen LogP) is 2.56. The molecular weight excluding hydrogens is 482 g/mol. The lowest BCUT2D eigenvalue weighted by atomic mass is 9.98. The Kier molecular flexibility index (Phi) is 8.44. The second kappa shape index (κ2) is 12.1. The van der Waals surface area contributed by atoms with Crippen molar-refractivity contribution in [2.75, 3.05) is 6.61 Å². The summed E-state index contributed by atoms with van der Waals surface area (Å²) >= 11 is 0. The molecular formula is C27H25NO9. The van der Waals surface area contributed by atoms with Crippen LogP contribution in [0.25, 0.3) is 0 Å². The maximum absolute atomic E-state index is 12.8.